The lowest BCUT2D eigenvalue weighted by Crippen LogP contribution is -2.28. The number of unbranched alkanes of at least 4 members (excludes halogenated alkanes) is 4. The van der Waals surface area contributed by atoms with E-state index in [-0.39, 0.29) is 5.24 Å². The third-order valence-electron chi connectivity index (χ3n) is 3.25. The predicted octanol–water partition coefficient (Wildman–Crippen LogP) is 5.11. The molecule has 3 nitrogen and oxygen atoms in total. The predicted molar refractivity (Wildman–Crippen MR) is 98.5 cm³/mol. The molecule has 0 saturated carbocycles. The first-order valence-corrected chi connectivity index (χ1v) is 9.27. The van der Waals surface area contributed by atoms with Gasteiger partial charge in [-0.05, 0) is 38.8 Å². The monoisotopic (exact) mass is 318 g/mol. The summed E-state index contributed by atoms with van der Waals surface area (Å²) < 4.78 is 0. The summed E-state index contributed by atoms with van der Waals surface area (Å²) in [5.41, 5.74) is 0. The second-order valence-electron chi connectivity index (χ2n) is 5.43. The van der Waals surface area contributed by atoms with E-state index >= 15 is 0 Å². The Morgan fingerprint density at radius 1 is 0.810 bits per heavy atom. The van der Waals surface area contributed by atoms with Crippen LogP contribution >= 0.6 is 12.6 Å². The van der Waals surface area contributed by atoms with Crippen molar-refractivity contribution in [2.75, 3.05) is 26.2 Å². The van der Waals surface area contributed by atoms with Gasteiger partial charge in [0.25, 0.3) is 5.24 Å². The summed E-state index contributed by atoms with van der Waals surface area (Å²) in [6.45, 7) is 12.8. The van der Waals surface area contributed by atoms with Crippen molar-refractivity contribution < 1.29 is 4.79 Å². The number of nitrogens with one attached hydrogen (secondary N) is 1. The highest BCUT2D eigenvalue weighted by Crippen LogP contribution is 2.02. The van der Waals surface area contributed by atoms with Gasteiger partial charge in [-0.25, -0.2) is 0 Å². The number of carbonyl (C=O) groups excluding carboxylic acids is 1. The molecule has 0 fully saturated rings. The lowest BCUT2D eigenvalue weighted by molar-refractivity contribution is 0.221. The van der Waals surface area contributed by atoms with Crippen LogP contribution < -0.4 is 5.32 Å². The van der Waals surface area contributed by atoms with E-state index in [4.69, 9.17) is 0 Å². The van der Waals surface area contributed by atoms with Gasteiger partial charge in [-0.2, -0.15) is 0 Å². The average molecular weight is 319 g/mol. The number of carbonyl (C=O) groups is 1. The number of amides is 1. The van der Waals surface area contributed by atoms with Gasteiger partial charge in [0.05, 0.1) is 0 Å². The van der Waals surface area contributed by atoms with Gasteiger partial charge < -0.3 is 10.2 Å². The molecule has 0 saturated heterocycles. The summed E-state index contributed by atoms with van der Waals surface area (Å²) in [7, 11) is 0. The van der Waals surface area contributed by atoms with E-state index in [1.165, 1.54) is 38.8 Å². The van der Waals surface area contributed by atoms with Gasteiger partial charge in [-0.15, -0.1) is 0 Å². The molecule has 0 rings (SSSR count). The van der Waals surface area contributed by atoms with Crippen LogP contribution in [0.4, 0.5) is 4.79 Å². The second-order valence-corrected chi connectivity index (χ2v) is 5.82. The van der Waals surface area contributed by atoms with E-state index in [1.807, 2.05) is 4.90 Å². The number of rotatable bonds is 12. The van der Waals surface area contributed by atoms with Crippen molar-refractivity contribution in [2.45, 2.75) is 79.1 Å². The smallest absolute Gasteiger partial charge is 0.278 e. The third-order valence-corrected chi connectivity index (χ3v) is 3.53. The molecule has 1 amide bonds. The van der Waals surface area contributed by atoms with Crippen LogP contribution in [0.2, 0.25) is 0 Å². The molecule has 0 radical (unpaired) electrons. The largest absolute Gasteiger partial charge is 0.334 e. The highest BCUT2D eigenvalue weighted by atomic mass is 32.1. The first-order valence-electron chi connectivity index (χ1n) is 8.82. The van der Waals surface area contributed by atoms with Crippen LogP contribution in [0.15, 0.2) is 0 Å². The summed E-state index contributed by atoms with van der Waals surface area (Å²) in [5.74, 6) is 0. The van der Waals surface area contributed by atoms with E-state index in [1.54, 1.807) is 0 Å². The van der Waals surface area contributed by atoms with E-state index in [9.17, 15) is 4.79 Å². The SMILES string of the molecule is CCCCN(CCCC)C(=O)S.CCCCNCCCC. The fourth-order valence-electron chi connectivity index (χ4n) is 1.73. The fourth-order valence-corrected chi connectivity index (χ4v) is 1.93. The molecule has 128 valence electrons. The summed E-state index contributed by atoms with van der Waals surface area (Å²) >= 11 is 3.83. The van der Waals surface area contributed by atoms with Crippen LogP contribution in [0.1, 0.15) is 79.1 Å². The Labute approximate surface area is 138 Å². The van der Waals surface area contributed by atoms with E-state index in [2.05, 4.69) is 45.6 Å². The summed E-state index contributed by atoms with van der Waals surface area (Å²) in [6.07, 6.45) is 9.67. The molecule has 0 heterocycles. The minimum Gasteiger partial charge on any atom is -0.334 e. The first-order chi connectivity index (χ1) is 10.1. The summed E-state index contributed by atoms with van der Waals surface area (Å²) in [5, 5.41) is 3.30. The van der Waals surface area contributed by atoms with Crippen molar-refractivity contribution in [1.29, 1.82) is 0 Å². The Bertz CT molecular complexity index is 199. The molecule has 0 aliphatic carbocycles. The molecule has 0 unspecified atom stereocenters. The van der Waals surface area contributed by atoms with E-state index in [0.717, 1.165) is 38.8 Å². The Morgan fingerprint density at radius 3 is 1.48 bits per heavy atom. The lowest BCUT2D eigenvalue weighted by atomic mass is 10.3. The minimum absolute atomic E-state index is 0.0862. The Hall–Kier alpha value is -0.220. The van der Waals surface area contributed by atoms with Crippen molar-refractivity contribution in [2.24, 2.45) is 0 Å². The maximum absolute atomic E-state index is 10.9. The molecular weight excluding hydrogens is 280 g/mol. The molecule has 0 spiro atoms. The molecule has 4 heteroatoms. The van der Waals surface area contributed by atoms with E-state index in [0.29, 0.717) is 0 Å². The van der Waals surface area contributed by atoms with Crippen molar-refractivity contribution in [3.8, 4) is 0 Å². The summed E-state index contributed by atoms with van der Waals surface area (Å²) in [6, 6.07) is 0. The normalized spacial score (nSPS) is 9.95. The Kier molecular flexibility index (Phi) is 21.7. The van der Waals surface area contributed by atoms with Crippen LogP contribution in [0, 0.1) is 0 Å². The third kappa shape index (κ3) is 19.8. The quantitative estimate of drug-likeness (QED) is 0.387. The highest BCUT2D eigenvalue weighted by molar-refractivity contribution is 7.96. The zero-order chi connectivity index (χ0) is 16.3. The van der Waals surface area contributed by atoms with Gasteiger partial charge in [0.2, 0.25) is 0 Å². The molecule has 0 atom stereocenters. The minimum atomic E-state index is -0.0862. The molecule has 0 aromatic carbocycles. The molecule has 0 aromatic heterocycles. The van der Waals surface area contributed by atoms with Crippen molar-refractivity contribution in [1.82, 2.24) is 10.2 Å². The fraction of sp³-hybridized carbons (Fsp3) is 0.941. The Morgan fingerprint density at radius 2 is 1.19 bits per heavy atom. The van der Waals surface area contributed by atoms with Gasteiger partial charge in [0.1, 0.15) is 0 Å². The zero-order valence-electron chi connectivity index (χ0n) is 14.8. The van der Waals surface area contributed by atoms with Crippen LogP contribution in [-0.4, -0.2) is 36.3 Å². The van der Waals surface area contributed by atoms with Gasteiger partial charge in [-0.1, -0.05) is 66.0 Å². The number of hydrogen-bond acceptors (Lipinski definition) is 2. The maximum atomic E-state index is 10.9. The van der Waals surface area contributed by atoms with Gasteiger partial charge in [0, 0.05) is 13.1 Å². The summed E-state index contributed by atoms with van der Waals surface area (Å²) in [4.78, 5) is 12.8. The first kappa shape index (κ1) is 23.1. The van der Waals surface area contributed by atoms with Crippen molar-refractivity contribution in [3.63, 3.8) is 0 Å². The Balaban J connectivity index is 0. The molecule has 0 aliphatic rings. The number of hydrogen-bond donors (Lipinski definition) is 2. The number of thiol groups is 1. The standard InChI is InChI=1S/C9H19NOS.C8H19N/c1-3-5-7-10(9(11)12)8-6-4-2;1-3-5-7-9-8-6-4-2/h3-8H2,1-2H3,(H,11,12);9H,3-8H2,1-2H3. The maximum Gasteiger partial charge on any atom is 0.278 e. The molecule has 0 aromatic rings. The van der Waals surface area contributed by atoms with E-state index < -0.39 is 0 Å². The molecular formula is C17H38N2OS. The van der Waals surface area contributed by atoms with Crippen LogP contribution in [0.5, 0.6) is 0 Å². The lowest BCUT2D eigenvalue weighted by Gasteiger charge is -2.19. The molecule has 0 aliphatic heterocycles. The highest BCUT2D eigenvalue weighted by Gasteiger charge is 2.06. The molecule has 1 N–H and O–H groups in total. The van der Waals surface area contributed by atoms with Crippen LogP contribution in [0.25, 0.3) is 0 Å². The van der Waals surface area contributed by atoms with Crippen molar-refractivity contribution in [3.05, 3.63) is 0 Å². The zero-order valence-corrected chi connectivity index (χ0v) is 15.7. The van der Waals surface area contributed by atoms with Crippen molar-refractivity contribution >= 4 is 17.9 Å². The topological polar surface area (TPSA) is 32.3 Å². The average Bonchev–Trinajstić information content (AvgIpc) is 2.47. The second kappa shape index (κ2) is 19.8. The molecule has 21 heavy (non-hydrogen) atoms. The van der Waals surface area contributed by atoms with Gasteiger partial charge in [0.15, 0.2) is 0 Å². The number of nitrogens with zero attached hydrogens (tertiary/aromatic N) is 1. The molecule has 0 bridgehead atoms. The van der Waals surface area contributed by atoms with Crippen LogP contribution in [0.3, 0.4) is 0 Å². The van der Waals surface area contributed by atoms with Gasteiger partial charge >= 0.3 is 0 Å². The van der Waals surface area contributed by atoms with Crippen LogP contribution in [-0.2, 0) is 0 Å². The van der Waals surface area contributed by atoms with Gasteiger partial charge in [-0.3, -0.25) is 4.79 Å².